The second-order valence-corrected chi connectivity index (χ2v) is 5.26. The maximum atomic E-state index is 9.92. The van der Waals surface area contributed by atoms with E-state index in [1.165, 1.54) is 0 Å². The van der Waals surface area contributed by atoms with Gasteiger partial charge in [-0.15, -0.1) is 0 Å². The average Bonchev–Trinajstić information content (AvgIpc) is 2.65. The van der Waals surface area contributed by atoms with Crippen LogP contribution in [0, 0.1) is 0 Å². The number of hydrogen-bond acceptors (Lipinski definition) is 7. The molecule has 0 saturated carbocycles. The summed E-state index contributed by atoms with van der Waals surface area (Å²) in [6.45, 7) is 3.41. The molecule has 0 amide bonds. The van der Waals surface area contributed by atoms with Crippen molar-refractivity contribution < 1.29 is 57.4 Å². The molecule has 6 N–H and O–H groups in total. The SMILES string of the molecule is C.C.C=O.COCCCCC(=O)O.COCCCCC(=O)O.O.O=C(O)CCCCO.[HH].[HH]. The second kappa shape index (κ2) is 46.2. The minimum absolute atomic E-state index is 0. The molecule has 0 aliphatic rings. The number of aliphatic carboxylic acids is 3. The van der Waals surface area contributed by atoms with E-state index in [1.54, 1.807) is 14.2 Å². The Balaban J connectivity index is -0.0000000336. The van der Waals surface area contributed by atoms with E-state index < -0.39 is 17.9 Å². The van der Waals surface area contributed by atoms with Crippen LogP contribution < -0.4 is 0 Å². The van der Waals surface area contributed by atoms with Gasteiger partial charge in [-0.3, -0.25) is 14.4 Å². The summed E-state index contributed by atoms with van der Waals surface area (Å²) >= 11 is 0. The topological polar surface area (TPSA) is 199 Å². The van der Waals surface area contributed by atoms with Crippen LogP contribution >= 0.6 is 0 Å². The lowest BCUT2D eigenvalue weighted by Gasteiger charge is -1.94. The molecule has 0 heterocycles. The lowest BCUT2D eigenvalue weighted by atomic mass is 10.2. The van der Waals surface area contributed by atoms with E-state index in [1.807, 2.05) is 6.79 Å². The summed E-state index contributed by atoms with van der Waals surface area (Å²) in [6.07, 6.45) is 4.93. The van der Waals surface area contributed by atoms with Gasteiger partial charge in [0.25, 0.3) is 0 Å². The Kier molecular flexibility index (Phi) is 70.0. The number of hydrogen-bond donors (Lipinski definition) is 4. The van der Waals surface area contributed by atoms with E-state index >= 15 is 0 Å². The zero-order chi connectivity index (χ0) is 22.6. The Morgan fingerprint density at radius 3 is 1.13 bits per heavy atom. The number of aliphatic hydroxyl groups is 1. The summed E-state index contributed by atoms with van der Waals surface area (Å²) in [5.41, 5.74) is 0. The average molecular weight is 467 g/mol. The van der Waals surface area contributed by atoms with Gasteiger partial charge in [0.2, 0.25) is 0 Å². The minimum atomic E-state index is -0.793. The quantitative estimate of drug-likeness (QED) is 0.276. The van der Waals surface area contributed by atoms with Crippen LogP contribution in [0.5, 0.6) is 0 Å². The first-order valence-electron chi connectivity index (χ1n) is 8.84. The van der Waals surface area contributed by atoms with Crippen molar-refractivity contribution in [1.29, 1.82) is 0 Å². The molecular formula is C20H50O11. The monoisotopic (exact) mass is 466 g/mol. The molecule has 0 aromatic heterocycles. The second-order valence-electron chi connectivity index (χ2n) is 5.26. The number of carbonyl (C=O) groups is 4. The van der Waals surface area contributed by atoms with Crippen LogP contribution in [0.15, 0.2) is 0 Å². The minimum Gasteiger partial charge on any atom is -0.481 e. The standard InChI is InChI=1S/2C6H12O3.C5H10O3.CH2O.2CH4.H2O.2H2/c2*1-9-5-3-2-4-6(7)8;6-4-2-1-3-5(7)8;1-2;;;;;/h2*2-5H2,1H3,(H,7,8);6H,1-4H2,(H,7,8);1H2;2*1H4;1H2;2*1H. The molecule has 0 aliphatic carbocycles. The fourth-order valence-corrected chi connectivity index (χ4v) is 1.43. The van der Waals surface area contributed by atoms with Gasteiger partial charge in [0.1, 0.15) is 6.79 Å². The van der Waals surface area contributed by atoms with Crippen molar-refractivity contribution in [3.8, 4) is 0 Å². The van der Waals surface area contributed by atoms with Gasteiger partial charge in [0.15, 0.2) is 0 Å². The van der Waals surface area contributed by atoms with Crippen molar-refractivity contribution in [1.82, 2.24) is 0 Å². The van der Waals surface area contributed by atoms with Crippen molar-refractivity contribution >= 4 is 24.7 Å². The van der Waals surface area contributed by atoms with Crippen molar-refractivity contribution in [3.63, 3.8) is 0 Å². The van der Waals surface area contributed by atoms with E-state index in [9.17, 15) is 14.4 Å². The van der Waals surface area contributed by atoms with Gasteiger partial charge in [0, 0.05) is 56.2 Å². The highest BCUT2D eigenvalue weighted by atomic mass is 16.5. The number of ether oxygens (including phenoxy) is 2. The fourth-order valence-electron chi connectivity index (χ4n) is 1.43. The maximum absolute atomic E-state index is 9.92. The Labute approximate surface area is 189 Å². The normalized spacial score (nSPS) is 7.97. The van der Waals surface area contributed by atoms with Crippen LogP contribution in [0.3, 0.4) is 0 Å². The number of rotatable bonds is 14. The molecule has 0 aliphatic heterocycles. The number of carboxylic acid groups (broad SMARTS) is 3. The summed E-state index contributed by atoms with van der Waals surface area (Å²) < 4.78 is 9.46. The largest absolute Gasteiger partial charge is 0.481 e. The molecule has 0 radical (unpaired) electrons. The number of unbranched alkanes of at least 4 members (excludes halogenated alkanes) is 3. The molecule has 0 spiro atoms. The highest BCUT2D eigenvalue weighted by molar-refractivity contribution is 5.67. The number of carboxylic acids is 3. The predicted octanol–water partition coefficient (Wildman–Crippen LogP) is 2.76. The third-order valence-corrected chi connectivity index (χ3v) is 2.78. The number of methoxy groups -OCH3 is 2. The Bertz CT molecular complexity index is 339. The van der Waals surface area contributed by atoms with Gasteiger partial charge in [-0.05, 0) is 38.5 Å². The van der Waals surface area contributed by atoms with Gasteiger partial charge >= 0.3 is 17.9 Å². The first kappa shape index (κ1) is 46.9. The molecule has 0 unspecified atom stereocenters. The Morgan fingerprint density at radius 1 is 0.677 bits per heavy atom. The molecule has 0 saturated heterocycles. The molecular weight excluding hydrogens is 416 g/mol. The smallest absolute Gasteiger partial charge is 0.303 e. The van der Waals surface area contributed by atoms with E-state index in [0.29, 0.717) is 38.9 Å². The van der Waals surface area contributed by atoms with Gasteiger partial charge < -0.3 is 40.2 Å². The summed E-state index contributed by atoms with van der Waals surface area (Å²) in [4.78, 5) is 37.6. The lowest BCUT2D eigenvalue weighted by molar-refractivity contribution is -0.138. The Morgan fingerprint density at radius 2 is 0.935 bits per heavy atom. The highest BCUT2D eigenvalue weighted by Gasteiger charge is 1.95. The number of aliphatic hydroxyl groups excluding tert-OH is 1. The fraction of sp³-hybridized carbons (Fsp3) is 0.800. The van der Waals surface area contributed by atoms with Crippen LogP contribution in [0.25, 0.3) is 0 Å². The van der Waals surface area contributed by atoms with Crippen molar-refractivity contribution in [2.75, 3.05) is 34.0 Å². The van der Waals surface area contributed by atoms with Gasteiger partial charge in [-0.2, -0.15) is 0 Å². The molecule has 0 rings (SSSR count). The van der Waals surface area contributed by atoms with E-state index in [-0.39, 0.29) is 49.1 Å². The summed E-state index contributed by atoms with van der Waals surface area (Å²) in [7, 11) is 3.22. The first-order valence-corrected chi connectivity index (χ1v) is 8.84. The van der Waals surface area contributed by atoms with Crippen LogP contribution in [-0.2, 0) is 28.7 Å². The predicted molar refractivity (Wildman–Crippen MR) is 124 cm³/mol. The molecule has 0 aromatic carbocycles. The molecule has 0 fully saturated rings. The number of carbonyl (C=O) groups excluding carboxylic acids is 1. The van der Waals surface area contributed by atoms with Crippen LogP contribution in [0.4, 0.5) is 0 Å². The lowest BCUT2D eigenvalue weighted by Crippen LogP contribution is -1.95. The summed E-state index contributed by atoms with van der Waals surface area (Å²) in [6, 6.07) is 0. The summed E-state index contributed by atoms with van der Waals surface area (Å²) in [5, 5.41) is 32.6. The van der Waals surface area contributed by atoms with Crippen LogP contribution in [0.2, 0.25) is 0 Å². The summed E-state index contributed by atoms with van der Waals surface area (Å²) in [5.74, 6) is -2.25. The first-order chi connectivity index (χ1) is 13.3. The van der Waals surface area contributed by atoms with Gasteiger partial charge in [-0.25, -0.2) is 0 Å². The Hall–Kier alpha value is -2.08. The molecule has 0 bridgehead atoms. The molecule has 0 atom stereocenters. The van der Waals surface area contributed by atoms with Crippen LogP contribution in [0.1, 0.15) is 75.5 Å². The highest BCUT2D eigenvalue weighted by Crippen LogP contribution is 1.94. The van der Waals surface area contributed by atoms with Gasteiger partial charge in [-0.1, -0.05) is 14.9 Å². The maximum Gasteiger partial charge on any atom is 0.303 e. The third kappa shape index (κ3) is 84.3. The van der Waals surface area contributed by atoms with E-state index in [0.717, 1.165) is 12.8 Å². The zero-order valence-corrected chi connectivity index (χ0v) is 17.4. The van der Waals surface area contributed by atoms with Crippen LogP contribution in [-0.4, -0.2) is 84.6 Å². The van der Waals surface area contributed by atoms with Gasteiger partial charge in [0.05, 0.1) is 0 Å². The molecule has 11 heteroatoms. The van der Waals surface area contributed by atoms with E-state index in [2.05, 4.69) is 0 Å². The van der Waals surface area contributed by atoms with Crippen molar-refractivity contribution in [2.24, 2.45) is 0 Å². The molecule has 0 aromatic rings. The van der Waals surface area contributed by atoms with Crippen molar-refractivity contribution in [2.45, 2.75) is 72.6 Å². The molecule has 196 valence electrons. The molecule has 31 heavy (non-hydrogen) atoms. The zero-order valence-electron chi connectivity index (χ0n) is 17.4. The molecule has 11 nitrogen and oxygen atoms in total. The third-order valence-electron chi connectivity index (χ3n) is 2.78. The van der Waals surface area contributed by atoms with Crippen molar-refractivity contribution in [3.05, 3.63) is 0 Å². The van der Waals surface area contributed by atoms with E-state index in [4.69, 9.17) is 34.7 Å².